The first-order valence-corrected chi connectivity index (χ1v) is 7.27. The number of nitrogens with one attached hydrogen (secondary N) is 2. The minimum atomic E-state index is -0.0656. The Bertz CT molecular complexity index is 589. The largest absolute Gasteiger partial charge is 0.345 e. The Labute approximate surface area is 123 Å². The molecule has 1 amide bonds. The molecule has 6 nitrogen and oxygen atoms in total. The van der Waals surface area contributed by atoms with E-state index in [2.05, 4.69) is 25.4 Å². The summed E-state index contributed by atoms with van der Waals surface area (Å²) >= 11 is 0. The van der Waals surface area contributed by atoms with E-state index >= 15 is 0 Å². The van der Waals surface area contributed by atoms with Gasteiger partial charge in [-0.1, -0.05) is 0 Å². The average Bonchev–Trinajstić information content (AvgIpc) is 3.04. The van der Waals surface area contributed by atoms with Crippen LogP contribution in [0.25, 0.3) is 0 Å². The first-order valence-electron chi connectivity index (χ1n) is 7.27. The summed E-state index contributed by atoms with van der Waals surface area (Å²) in [4.78, 5) is 12.3. The Morgan fingerprint density at radius 3 is 2.95 bits per heavy atom. The molecule has 1 fully saturated rings. The van der Waals surface area contributed by atoms with E-state index in [4.69, 9.17) is 0 Å². The molecule has 3 rings (SSSR count). The van der Waals surface area contributed by atoms with E-state index < -0.39 is 0 Å². The van der Waals surface area contributed by atoms with Crippen molar-refractivity contribution in [1.29, 1.82) is 0 Å². The highest BCUT2D eigenvalue weighted by Gasteiger charge is 2.19. The first kappa shape index (κ1) is 13.8. The molecule has 110 valence electrons. The summed E-state index contributed by atoms with van der Waals surface area (Å²) < 4.78 is 2.09. The maximum atomic E-state index is 12.3. The summed E-state index contributed by atoms with van der Waals surface area (Å²) in [5, 5.41) is 14.0. The van der Waals surface area contributed by atoms with E-state index in [1.165, 1.54) is 0 Å². The van der Waals surface area contributed by atoms with Crippen LogP contribution in [-0.2, 0) is 6.54 Å². The van der Waals surface area contributed by atoms with Crippen molar-refractivity contribution in [2.75, 3.05) is 13.1 Å². The summed E-state index contributed by atoms with van der Waals surface area (Å²) in [5.41, 5.74) is 1.47. The molecule has 0 saturated carbocycles. The Balaban J connectivity index is 1.66. The molecule has 6 heteroatoms. The maximum Gasteiger partial charge on any atom is 0.268 e. The lowest BCUT2D eigenvalue weighted by Crippen LogP contribution is -2.32. The topological polar surface area (TPSA) is 71.8 Å². The van der Waals surface area contributed by atoms with Crippen molar-refractivity contribution in [1.82, 2.24) is 25.4 Å². The van der Waals surface area contributed by atoms with Gasteiger partial charge >= 0.3 is 0 Å². The van der Waals surface area contributed by atoms with Crippen molar-refractivity contribution in [2.24, 2.45) is 0 Å². The zero-order valence-electron chi connectivity index (χ0n) is 11.8. The standard InChI is InChI=1S/C15H19N5O/c21-15(17-11-12-3-1-7-18-19-12)14-4-2-10-20(14)13-5-8-16-9-6-13/h1-4,7,10,13,16H,5-6,8-9,11H2,(H,17,21). The Hall–Kier alpha value is -2.21. The molecule has 0 aliphatic carbocycles. The zero-order chi connectivity index (χ0) is 14.5. The molecule has 0 aromatic carbocycles. The maximum absolute atomic E-state index is 12.3. The number of amides is 1. The molecule has 1 saturated heterocycles. The number of hydrogen-bond acceptors (Lipinski definition) is 4. The van der Waals surface area contributed by atoms with Gasteiger partial charge in [-0.2, -0.15) is 10.2 Å². The van der Waals surface area contributed by atoms with Gasteiger partial charge in [0, 0.05) is 18.4 Å². The Kier molecular flexibility index (Phi) is 4.25. The van der Waals surface area contributed by atoms with Gasteiger partial charge in [0.15, 0.2) is 0 Å². The predicted molar refractivity (Wildman–Crippen MR) is 78.8 cm³/mol. The summed E-state index contributed by atoms with van der Waals surface area (Å²) in [7, 11) is 0. The molecule has 2 N–H and O–H groups in total. The molecular weight excluding hydrogens is 266 g/mol. The summed E-state index contributed by atoms with van der Waals surface area (Å²) in [6.45, 7) is 2.40. The van der Waals surface area contributed by atoms with Crippen LogP contribution in [0.3, 0.4) is 0 Å². The van der Waals surface area contributed by atoms with E-state index in [1.54, 1.807) is 6.20 Å². The number of rotatable bonds is 4. The van der Waals surface area contributed by atoms with Gasteiger partial charge in [-0.15, -0.1) is 0 Å². The molecule has 0 unspecified atom stereocenters. The smallest absolute Gasteiger partial charge is 0.268 e. The van der Waals surface area contributed by atoms with Gasteiger partial charge in [0.05, 0.1) is 12.2 Å². The van der Waals surface area contributed by atoms with E-state index in [-0.39, 0.29) is 5.91 Å². The molecule has 21 heavy (non-hydrogen) atoms. The third kappa shape index (κ3) is 3.28. The quantitative estimate of drug-likeness (QED) is 0.883. The number of carbonyl (C=O) groups excluding carboxylic acids is 1. The van der Waals surface area contributed by atoms with Crippen LogP contribution in [0.5, 0.6) is 0 Å². The lowest BCUT2D eigenvalue weighted by atomic mass is 10.1. The molecule has 0 radical (unpaired) electrons. The minimum absolute atomic E-state index is 0.0656. The van der Waals surface area contributed by atoms with Crippen LogP contribution in [0.4, 0.5) is 0 Å². The molecule has 0 atom stereocenters. The van der Waals surface area contributed by atoms with Gasteiger partial charge in [0.1, 0.15) is 5.69 Å². The van der Waals surface area contributed by atoms with Crippen molar-refractivity contribution in [3.05, 3.63) is 48.0 Å². The molecule has 1 aliphatic rings. The number of hydrogen-bond donors (Lipinski definition) is 2. The van der Waals surface area contributed by atoms with Crippen LogP contribution in [-0.4, -0.2) is 33.8 Å². The fourth-order valence-corrected chi connectivity index (χ4v) is 2.68. The van der Waals surface area contributed by atoms with E-state index in [9.17, 15) is 4.79 Å². The van der Waals surface area contributed by atoms with Gasteiger partial charge in [-0.3, -0.25) is 4.79 Å². The minimum Gasteiger partial charge on any atom is -0.345 e. The third-order valence-electron chi connectivity index (χ3n) is 3.77. The zero-order valence-corrected chi connectivity index (χ0v) is 11.8. The molecule has 1 aliphatic heterocycles. The van der Waals surface area contributed by atoms with Gasteiger partial charge in [0.25, 0.3) is 5.91 Å². The number of carbonyl (C=O) groups is 1. The Morgan fingerprint density at radius 1 is 1.33 bits per heavy atom. The molecule has 2 aromatic heterocycles. The molecule has 0 bridgehead atoms. The molecular formula is C15H19N5O. The highest BCUT2D eigenvalue weighted by molar-refractivity contribution is 5.92. The normalized spacial score (nSPS) is 15.8. The van der Waals surface area contributed by atoms with Crippen molar-refractivity contribution in [2.45, 2.75) is 25.4 Å². The van der Waals surface area contributed by atoms with Gasteiger partial charge in [-0.05, 0) is 50.2 Å². The first-order chi connectivity index (χ1) is 10.3. The predicted octanol–water partition coefficient (Wildman–Crippen LogP) is 1.13. The van der Waals surface area contributed by atoms with E-state index in [0.29, 0.717) is 18.3 Å². The van der Waals surface area contributed by atoms with Gasteiger partial charge in [0.2, 0.25) is 0 Å². The van der Waals surface area contributed by atoms with Crippen LogP contribution in [0.1, 0.15) is 35.1 Å². The van der Waals surface area contributed by atoms with Crippen molar-refractivity contribution in [3.8, 4) is 0 Å². The molecule has 3 heterocycles. The number of piperidine rings is 1. The SMILES string of the molecule is O=C(NCc1cccnn1)c1cccn1C1CCNCC1. The fraction of sp³-hybridized carbons (Fsp3) is 0.400. The monoisotopic (exact) mass is 285 g/mol. The summed E-state index contributed by atoms with van der Waals surface area (Å²) in [6.07, 6.45) is 5.72. The lowest BCUT2D eigenvalue weighted by molar-refractivity contribution is 0.0937. The summed E-state index contributed by atoms with van der Waals surface area (Å²) in [5.74, 6) is -0.0656. The van der Waals surface area contributed by atoms with Gasteiger partial charge < -0.3 is 15.2 Å². The molecule has 0 spiro atoms. The highest BCUT2D eigenvalue weighted by atomic mass is 16.1. The molecule has 2 aromatic rings. The lowest BCUT2D eigenvalue weighted by Gasteiger charge is -2.25. The average molecular weight is 285 g/mol. The number of aromatic nitrogens is 3. The summed E-state index contributed by atoms with van der Waals surface area (Å²) in [6, 6.07) is 7.86. The number of nitrogens with zero attached hydrogens (tertiary/aromatic N) is 3. The highest BCUT2D eigenvalue weighted by Crippen LogP contribution is 2.21. The Morgan fingerprint density at radius 2 is 2.19 bits per heavy atom. The third-order valence-corrected chi connectivity index (χ3v) is 3.77. The van der Waals surface area contributed by atoms with Crippen LogP contribution in [0.2, 0.25) is 0 Å². The fourth-order valence-electron chi connectivity index (χ4n) is 2.68. The second-order valence-electron chi connectivity index (χ2n) is 5.18. The van der Waals surface area contributed by atoms with E-state index in [1.807, 2.05) is 30.5 Å². The van der Waals surface area contributed by atoms with Crippen molar-refractivity contribution < 1.29 is 4.79 Å². The van der Waals surface area contributed by atoms with Crippen LogP contribution in [0.15, 0.2) is 36.7 Å². The van der Waals surface area contributed by atoms with Crippen LogP contribution >= 0.6 is 0 Å². The second-order valence-corrected chi connectivity index (χ2v) is 5.18. The van der Waals surface area contributed by atoms with Gasteiger partial charge in [-0.25, -0.2) is 0 Å². The second kappa shape index (κ2) is 6.49. The van der Waals surface area contributed by atoms with Crippen molar-refractivity contribution >= 4 is 5.91 Å². The van der Waals surface area contributed by atoms with Crippen molar-refractivity contribution in [3.63, 3.8) is 0 Å². The van der Waals surface area contributed by atoms with Crippen LogP contribution in [0, 0.1) is 0 Å². The van der Waals surface area contributed by atoms with E-state index in [0.717, 1.165) is 31.6 Å². The van der Waals surface area contributed by atoms with Crippen LogP contribution < -0.4 is 10.6 Å².